The van der Waals surface area contributed by atoms with E-state index in [2.05, 4.69) is 158 Å². The molecule has 0 atom stereocenters. The Hall–Kier alpha value is -4.43. The first kappa shape index (κ1) is 27.7. The Morgan fingerprint density at radius 3 is 1.17 bits per heavy atom. The van der Waals surface area contributed by atoms with Crippen molar-refractivity contribution in [3.63, 3.8) is 0 Å². The lowest BCUT2D eigenvalue weighted by Crippen LogP contribution is -3.00. The Bertz CT molecular complexity index is 1820. The molecule has 0 unspecified atom stereocenters. The van der Waals surface area contributed by atoms with E-state index in [1.807, 2.05) is 12.1 Å². The van der Waals surface area contributed by atoms with Crippen molar-refractivity contribution in [2.24, 2.45) is 0 Å². The Morgan fingerprint density at radius 2 is 0.738 bits per heavy atom. The minimum atomic E-state index is -2.35. The SMILES string of the molecule is [Br-].c1ccc(-c2nc3cccc([P+](c4ccccc4)(c4ccccc4)c4ccccc4)c3nc2-c2ccccc2)cc1. The molecule has 6 aromatic carbocycles. The zero-order chi connectivity index (χ0) is 27.5. The summed E-state index contributed by atoms with van der Waals surface area (Å²) in [5.74, 6) is 0. The van der Waals surface area contributed by atoms with Gasteiger partial charge in [0.25, 0.3) is 0 Å². The number of hydrogen-bond acceptors (Lipinski definition) is 2. The molecule has 1 aromatic heterocycles. The van der Waals surface area contributed by atoms with Crippen LogP contribution in [0.25, 0.3) is 33.5 Å². The molecule has 0 aliphatic heterocycles. The van der Waals surface area contributed by atoms with Crippen LogP contribution in [0.2, 0.25) is 0 Å². The first-order valence-corrected chi connectivity index (χ1v) is 15.6. The maximum absolute atomic E-state index is 5.53. The van der Waals surface area contributed by atoms with Crippen molar-refractivity contribution >= 4 is 39.5 Å². The highest BCUT2D eigenvalue weighted by molar-refractivity contribution is 8.01. The van der Waals surface area contributed by atoms with Gasteiger partial charge in [0.1, 0.15) is 34.0 Å². The van der Waals surface area contributed by atoms with Crippen molar-refractivity contribution < 1.29 is 17.0 Å². The average Bonchev–Trinajstić information content (AvgIpc) is 3.07. The number of aromatic nitrogens is 2. The van der Waals surface area contributed by atoms with Gasteiger partial charge in [0.15, 0.2) is 0 Å². The molecular formula is C38H28BrN2P. The summed E-state index contributed by atoms with van der Waals surface area (Å²) >= 11 is 0. The monoisotopic (exact) mass is 622 g/mol. The summed E-state index contributed by atoms with van der Waals surface area (Å²) in [5.41, 5.74) is 5.73. The number of nitrogens with zero attached hydrogens (tertiary/aromatic N) is 2. The Kier molecular flexibility index (Phi) is 8.06. The minimum absolute atomic E-state index is 0. The van der Waals surface area contributed by atoms with Crippen molar-refractivity contribution in [1.29, 1.82) is 0 Å². The molecule has 0 saturated carbocycles. The van der Waals surface area contributed by atoms with Crippen LogP contribution >= 0.6 is 7.26 Å². The highest BCUT2D eigenvalue weighted by Gasteiger charge is 2.49. The van der Waals surface area contributed by atoms with Crippen LogP contribution in [0.3, 0.4) is 0 Å². The van der Waals surface area contributed by atoms with Gasteiger partial charge in [0, 0.05) is 11.1 Å². The Morgan fingerprint density at radius 1 is 0.357 bits per heavy atom. The Labute approximate surface area is 257 Å². The van der Waals surface area contributed by atoms with Gasteiger partial charge in [-0.15, -0.1) is 0 Å². The fourth-order valence-corrected chi connectivity index (χ4v) is 10.1. The third-order valence-electron chi connectivity index (χ3n) is 7.56. The van der Waals surface area contributed by atoms with Crippen molar-refractivity contribution in [2.45, 2.75) is 0 Å². The second-order valence-corrected chi connectivity index (χ2v) is 13.3. The predicted octanol–water partition coefficient (Wildman–Crippen LogP) is 4.59. The van der Waals surface area contributed by atoms with Crippen LogP contribution in [0, 0.1) is 0 Å². The molecule has 42 heavy (non-hydrogen) atoms. The van der Waals surface area contributed by atoms with Crippen LogP contribution < -0.4 is 38.2 Å². The normalized spacial score (nSPS) is 11.1. The van der Waals surface area contributed by atoms with Crippen LogP contribution in [0.5, 0.6) is 0 Å². The predicted molar refractivity (Wildman–Crippen MR) is 175 cm³/mol. The van der Waals surface area contributed by atoms with Crippen LogP contribution in [0.1, 0.15) is 0 Å². The van der Waals surface area contributed by atoms with E-state index in [4.69, 9.17) is 9.97 Å². The lowest BCUT2D eigenvalue weighted by atomic mass is 10.0. The molecule has 4 heteroatoms. The van der Waals surface area contributed by atoms with Gasteiger partial charge in [-0.3, -0.25) is 0 Å². The molecule has 0 amide bonds. The maximum atomic E-state index is 5.53. The van der Waals surface area contributed by atoms with Gasteiger partial charge in [-0.2, -0.15) is 0 Å². The van der Waals surface area contributed by atoms with E-state index in [-0.39, 0.29) is 17.0 Å². The highest BCUT2D eigenvalue weighted by atomic mass is 79.9. The molecule has 0 spiro atoms. The number of rotatable bonds is 6. The van der Waals surface area contributed by atoms with Crippen molar-refractivity contribution in [3.8, 4) is 22.5 Å². The third kappa shape index (κ3) is 4.86. The van der Waals surface area contributed by atoms with Crippen LogP contribution in [0.15, 0.2) is 170 Å². The number of fused-ring (bicyclic) bond motifs is 1. The lowest BCUT2D eigenvalue weighted by Gasteiger charge is -2.28. The van der Waals surface area contributed by atoms with Gasteiger partial charge in [-0.05, 0) is 48.5 Å². The Balaban J connectivity index is 0.00000316. The molecule has 7 aromatic rings. The third-order valence-corrected chi connectivity index (χ3v) is 11.9. The average molecular weight is 624 g/mol. The van der Waals surface area contributed by atoms with Crippen LogP contribution in [-0.4, -0.2) is 9.97 Å². The standard InChI is InChI=1S/C38H28N2P.BrH/c1-6-17-29(18-7-1)36-37(30-19-8-2-9-20-30)40-38-34(39-36)27-16-28-35(38)41(31-21-10-3-11-22-31,32-23-12-4-13-24-32)33-25-14-5-15-26-33;/h1-28H;1H/q+1;/p-1. The van der Waals surface area contributed by atoms with Crippen LogP contribution in [-0.2, 0) is 0 Å². The largest absolute Gasteiger partial charge is 1.00 e. The van der Waals surface area contributed by atoms with Gasteiger partial charge in [0.2, 0.25) is 0 Å². The van der Waals surface area contributed by atoms with E-state index >= 15 is 0 Å². The van der Waals surface area contributed by atoms with Gasteiger partial charge < -0.3 is 17.0 Å². The fraction of sp³-hybridized carbons (Fsp3) is 0. The molecule has 0 radical (unpaired) electrons. The molecule has 0 aliphatic carbocycles. The zero-order valence-electron chi connectivity index (χ0n) is 22.9. The second kappa shape index (κ2) is 12.2. The number of halogens is 1. The summed E-state index contributed by atoms with van der Waals surface area (Å²) in [6.45, 7) is 0. The summed E-state index contributed by atoms with van der Waals surface area (Å²) in [6, 6.07) is 60.1. The van der Waals surface area contributed by atoms with E-state index in [0.29, 0.717) is 0 Å². The van der Waals surface area contributed by atoms with Gasteiger partial charge in [0.05, 0.1) is 16.9 Å². The summed E-state index contributed by atoms with van der Waals surface area (Å²) in [6.07, 6.45) is 0. The fourth-order valence-electron chi connectivity index (χ4n) is 5.75. The number of hydrogen-bond donors (Lipinski definition) is 0. The van der Waals surface area contributed by atoms with Gasteiger partial charge in [-0.1, -0.05) is 121 Å². The zero-order valence-corrected chi connectivity index (χ0v) is 25.4. The van der Waals surface area contributed by atoms with E-state index in [1.54, 1.807) is 0 Å². The highest BCUT2D eigenvalue weighted by Crippen LogP contribution is 2.55. The molecule has 0 N–H and O–H groups in total. The van der Waals surface area contributed by atoms with Gasteiger partial charge in [-0.25, -0.2) is 9.97 Å². The lowest BCUT2D eigenvalue weighted by molar-refractivity contribution is -0.00000783. The molecule has 7 rings (SSSR count). The molecule has 1 heterocycles. The summed E-state index contributed by atoms with van der Waals surface area (Å²) in [7, 11) is -2.35. The smallest absolute Gasteiger partial charge is 0.146 e. The molecule has 0 bridgehead atoms. The molecule has 0 fully saturated rings. The first-order chi connectivity index (χ1) is 20.4. The summed E-state index contributed by atoms with van der Waals surface area (Å²) in [5, 5.41) is 5.09. The van der Waals surface area contributed by atoms with E-state index < -0.39 is 7.26 Å². The second-order valence-electron chi connectivity index (χ2n) is 9.98. The van der Waals surface area contributed by atoms with Crippen molar-refractivity contribution in [2.75, 3.05) is 0 Å². The summed E-state index contributed by atoms with van der Waals surface area (Å²) in [4.78, 5) is 10.9. The maximum Gasteiger partial charge on any atom is 0.146 e. The quantitative estimate of drug-likeness (QED) is 0.254. The first-order valence-electron chi connectivity index (χ1n) is 13.8. The molecule has 202 valence electrons. The van der Waals surface area contributed by atoms with E-state index in [1.165, 1.54) is 21.2 Å². The molecule has 2 nitrogen and oxygen atoms in total. The minimum Gasteiger partial charge on any atom is -1.00 e. The topological polar surface area (TPSA) is 25.8 Å². The number of benzene rings is 6. The number of para-hydroxylation sites is 1. The van der Waals surface area contributed by atoms with Crippen molar-refractivity contribution in [3.05, 3.63) is 170 Å². The molecular weight excluding hydrogens is 595 g/mol. The van der Waals surface area contributed by atoms with E-state index in [0.717, 1.165) is 33.5 Å². The molecule has 0 aliphatic rings. The van der Waals surface area contributed by atoms with Gasteiger partial charge >= 0.3 is 0 Å². The molecule has 0 saturated heterocycles. The van der Waals surface area contributed by atoms with E-state index in [9.17, 15) is 0 Å². The van der Waals surface area contributed by atoms with Crippen molar-refractivity contribution in [1.82, 2.24) is 9.97 Å². The van der Waals surface area contributed by atoms with Crippen LogP contribution in [0.4, 0.5) is 0 Å². The summed E-state index contributed by atoms with van der Waals surface area (Å²) < 4.78 is 0.